The Morgan fingerprint density at radius 1 is 1.45 bits per heavy atom. The maximum atomic E-state index is 12.1. The van der Waals surface area contributed by atoms with E-state index in [9.17, 15) is 4.79 Å². The maximum absolute atomic E-state index is 12.1. The van der Waals surface area contributed by atoms with Gasteiger partial charge in [0.25, 0.3) is 5.91 Å². The smallest absolute Gasteiger partial charge is 0.277 e. The van der Waals surface area contributed by atoms with Crippen LogP contribution in [-0.2, 0) is 0 Å². The molecule has 5 nitrogen and oxygen atoms in total. The number of nitrogens with one attached hydrogen (secondary N) is 1. The lowest BCUT2D eigenvalue weighted by molar-refractivity contribution is 0.101. The Bertz CT molecular complexity index is 617. The molecular weight excluding hydrogens is 256 g/mol. The second-order valence-corrected chi connectivity index (χ2v) is 4.77. The third kappa shape index (κ3) is 2.66. The first-order valence-electron chi connectivity index (χ1n) is 6.77. The summed E-state index contributed by atoms with van der Waals surface area (Å²) in [5.41, 5.74) is 0.938. The fraction of sp³-hybridized carbons (Fsp3) is 0.333. The van der Waals surface area contributed by atoms with Crippen LogP contribution < -0.4 is 10.1 Å². The van der Waals surface area contributed by atoms with Gasteiger partial charge in [0.1, 0.15) is 11.5 Å². The molecule has 0 radical (unpaired) electrons. The Labute approximate surface area is 116 Å². The van der Waals surface area contributed by atoms with Gasteiger partial charge in [0.2, 0.25) is 0 Å². The normalized spacial score (nSPS) is 14.1. The van der Waals surface area contributed by atoms with Crippen molar-refractivity contribution in [1.82, 2.24) is 5.16 Å². The summed E-state index contributed by atoms with van der Waals surface area (Å²) < 4.78 is 10.7. The van der Waals surface area contributed by atoms with Crippen molar-refractivity contribution in [2.75, 3.05) is 11.9 Å². The quantitative estimate of drug-likeness (QED) is 0.907. The Morgan fingerprint density at radius 2 is 2.25 bits per heavy atom. The van der Waals surface area contributed by atoms with Gasteiger partial charge in [0.15, 0.2) is 5.69 Å². The number of benzene rings is 1. The molecule has 1 aromatic carbocycles. The number of hydrogen-bond acceptors (Lipinski definition) is 4. The van der Waals surface area contributed by atoms with E-state index in [2.05, 4.69) is 10.5 Å². The molecule has 0 spiro atoms. The van der Waals surface area contributed by atoms with Gasteiger partial charge >= 0.3 is 0 Å². The van der Waals surface area contributed by atoms with Gasteiger partial charge in [-0.3, -0.25) is 4.79 Å². The molecule has 1 saturated carbocycles. The van der Waals surface area contributed by atoms with Crippen molar-refractivity contribution in [1.29, 1.82) is 0 Å². The molecule has 0 unspecified atom stereocenters. The van der Waals surface area contributed by atoms with Crippen molar-refractivity contribution >= 4 is 11.6 Å². The molecule has 1 aliphatic carbocycles. The summed E-state index contributed by atoms with van der Waals surface area (Å²) in [6.07, 6.45) is 2.23. The van der Waals surface area contributed by atoms with Crippen molar-refractivity contribution in [3.8, 4) is 5.75 Å². The Hall–Kier alpha value is -2.30. The molecule has 3 rings (SSSR count). The van der Waals surface area contributed by atoms with Crippen molar-refractivity contribution in [2.24, 2.45) is 0 Å². The van der Waals surface area contributed by atoms with E-state index < -0.39 is 0 Å². The molecule has 5 heteroatoms. The number of carbonyl (C=O) groups is 1. The van der Waals surface area contributed by atoms with Crippen LogP contribution in [0.25, 0.3) is 0 Å². The fourth-order valence-corrected chi connectivity index (χ4v) is 1.99. The second kappa shape index (κ2) is 5.36. The number of ether oxygens (including phenoxy) is 1. The van der Waals surface area contributed by atoms with Crippen LogP contribution in [-0.4, -0.2) is 17.7 Å². The van der Waals surface area contributed by atoms with Crippen molar-refractivity contribution in [3.63, 3.8) is 0 Å². The summed E-state index contributed by atoms with van der Waals surface area (Å²) in [4.78, 5) is 12.1. The highest BCUT2D eigenvalue weighted by molar-refractivity contribution is 6.03. The van der Waals surface area contributed by atoms with Crippen molar-refractivity contribution in [3.05, 3.63) is 41.8 Å². The molecular formula is C15H16N2O3. The molecule has 1 N–H and O–H groups in total. The van der Waals surface area contributed by atoms with Crippen LogP contribution in [0, 0.1) is 0 Å². The molecule has 1 amide bonds. The van der Waals surface area contributed by atoms with E-state index in [0.717, 1.165) is 18.6 Å². The summed E-state index contributed by atoms with van der Waals surface area (Å²) in [6.45, 7) is 2.45. The lowest BCUT2D eigenvalue weighted by Gasteiger charge is -2.09. The van der Waals surface area contributed by atoms with E-state index >= 15 is 0 Å². The van der Waals surface area contributed by atoms with Gasteiger partial charge in [-0.2, -0.15) is 0 Å². The number of anilines is 1. The van der Waals surface area contributed by atoms with Crippen LogP contribution in [0.5, 0.6) is 5.75 Å². The van der Waals surface area contributed by atoms with E-state index in [4.69, 9.17) is 9.26 Å². The molecule has 0 saturated heterocycles. The SMILES string of the molecule is CCOc1ccccc1NC(=O)c1cc(C2CC2)on1. The predicted molar refractivity (Wildman–Crippen MR) is 74.0 cm³/mol. The van der Waals surface area contributed by atoms with Crippen LogP contribution in [0.15, 0.2) is 34.9 Å². The third-order valence-electron chi connectivity index (χ3n) is 3.18. The summed E-state index contributed by atoms with van der Waals surface area (Å²) >= 11 is 0. The number of carbonyl (C=O) groups excluding carboxylic acids is 1. The number of rotatable bonds is 5. The van der Waals surface area contributed by atoms with Gasteiger partial charge in [-0.15, -0.1) is 0 Å². The first-order chi connectivity index (χ1) is 9.78. The zero-order valence-corrected chi connectivity index (χ0v) is 11.3. The van der Waals surface area contributed by atoms with Crippen molar-refractivity contribution < 1.29 is 14.1 Å². The third-order valence-corrected chi connectivity index (χ3v) is 3.18. The first kappa shape index (κ1) is 12.7. The van der Waals surface area contributed by atoms with Gasteiger partial charge in [-0.05, 0) is 31.9 Å². The topological polar surface area (TPSA) is 64.4 Å². The number of hydrogen-bond donors (Lipinski definition) is 1. The molecule has 0 atom stereocenters. The number of amides is 1. The molecule has 0 bridgehead atoms. The largest absolute Gasteiger partial charge is 0.492 e. The van der Waals surface area contributed by atoms with Gasteiger partial charge in [0.05, 0.1) is 12.3 Å². The van der Waals surface area contributed by atoms with E-state index in [0.29, 0.717) is 29.7 Å². The number of aromatic nitrogens is 1. The molecule has 20 heavy (non-hydrogen) atoms. The highest BCUT2D eigenvalue weighted by Crippen LogP contribution is 2.40. The molecule has 1 heterocycles. The molecule has 2 aromatic rings. The molecule has 1 aliphatic rings. The number of para-hydroxylation sites is 2. The summed E-state index contributed by atoms with van der Waals surface area (Å²) in [6, 6.07) is 9.04. The molecule has 1 fully saturated rings. The summed E-state index contributed by atoms with van der Waals surface area (Å²) in [5.74, 6) is 1.61. The van der Waals surface area contributed by atoms with Crippen LogP contribution in [0.3, 0.4) is 0 Å². The van der Waals surface area contributed by atoms with Crippen molar-refractivity contribution in [2.45, 2.75) is 25.7 Å². The second-order valence-electron chi connectivity index (χ2n) is 4.77. The predicted octanol–water partition coefficient (Wildman–Crippen LogP) is 3.20. The molecule has 0 aliphatic heterocycles. The standard InChI is InChI=1S/C15H16N2O3/c1-2-19-13-6-4-3-5-11(13)16-15(18)12-9-14(20-17-12)10-7-8-10/h3-6,9-10H,2,7-8H2,1H3,(H,16,18). The first-order valence-corrected chi connectivity index (χ1v) is 6.77. The zero-order chi connectivity index (χ0) is 13.9. The summed E-state index contributed by atoms with van der Waals surface area (Å²) in [5, 5.41) is 6.62. The van der Waals surface area contributed by atoms with Crippen LogP contribution in [0.4, 0.5) is 5.69 Å². The monoisotopic (exact) mass is 272 g/mol. The van der Waals surface area contributed by atoms with E-state index in [1.54, 1.807) is 12.1 Å². The average Bonchev–Trinajstić information content (AvgIpc) is 3.19. The highest BCUT2D eigenvalue weighted by Gasteiger charge is 2.29. The zero-order valence-electron chi connectivity index (χ0n) is 11.3. The lowest BCUT2D eigenvalue weighted by Crippen LogP contribution is -2.13. The molecule has 1 aromatic heterocycles. The van der Waals surface area contributed by atoms with E-state index in [1.807, 2.05) is 25.1 Å². The van der Waals surface area contributed by atoms with Gasteiger partial charge in [-0.25, -0.2) is 0 Å². The average molecular weight is 272 g/mol. The van der Waals surface area contributed by atoms with E-state index in [1.165, 1.54) is 0 Å². The molecule has 104 valence electrons. The lowest BCUT2D eigenvalue weighted by atomic mass is 10.2. The van der Waals surface area contributed by atoms with Gasteiger partial charge < -0.3 is 14.6 Å². The minimum absolute atomic E-state index is 0.284. The summed E-state index contributed by atoms with van der Waals surface area (Å²) in [7, 11) is 0. The highest BCUT2D eigenvalue weighted by atomic mass is 16.5. The fourth-order valence-electron chi connectivity index (χ4n) is 1.99. The maximum Gasteiger partial charge on any atom is 0.277 e. The Morgan fingerprint density at radius 3 is 3.00 bits per heavy atom. The number of nitrogens with zero attached hydrogens (tertiary/aromatic N) is 1. The van der Waals surface area contributed by atoms with Crippen LogP contribution >= 0.6 is 0 Å². The van der Waals surface area contributed by atoms with Crippen LogP contribution in [0.1, 0.15) is 41.9 Å². The minimum atomic E-state index is -0.284. The van der Waals surface area contributed by atoms with E-state index in [-0.39, 0.29) is 5.91 Å². The van der Waals surface area contributed by atoms with Gasteiger partial charge in [0, 0.05) is 12.0 Å². The minimum Gasteiger partial charge on any atom is -0.492 e. The van der Waals surface area contributed by atoms with Gasteiger partial charge in [-0.1, -0.05) is 17.3 Å². The Balaban J connectivity index is 1.74. The van der Waals surface area contributed by atoms with Crippen LogP contribution in [0.2, 0.25) is 0 Å². The Kier molecular flexibility index (Phi) is 3.41.